The van der Waals surface area contributed by atoms with E-state index in [-0.39, 0.29) is 29.3 Å². The fourth-order valence-corrected chi connectivity index (χ4v) is 1.13. The van der Waals surface area contributed by atoms with E-state index in [2.05, 4.69) is 25.3 Å². The van der Waals surface area contributed by atoms with E-state index in [9.17, 15) is 4.79 Å². The number of amides is 1. The summed E-state index contributed by atoms with van der Waals surface area (Å²) < 4.78 is 22.5. The maximum atomic E-state index is 10.7. The first-order chi connectivity index (χ1) is 8.70. The second-order valence-electron chi connectivity index (χ2n) is 2.83. The van der Waals surface area contributed by atoms with E-state index in [1.54, 1.807) is 0 Å². The molecule has 1 atom stereocenters. The molecule has 0 spiro atoms. The van der Waals surface area contributed by atoms with Gasteiger partial charge in [0.25, 0.3) is 0 Å². The summed E-state index contributed by atoms with van der Waals surface area (Å²) in [6, 6.07) is 10.00. The predicted molar refractivity (Wildman–Crippen MR) is 60.5 cm³/mol. The Morgan fingerprint density at radius 1 is 1.05 bits per heavy atom. The Labute approximate surface area is 123 Å². The molecule has 0 fully saturated rings. The fraction of sp³-hybridized carbons (Fsp3) is 0.231. The van der Waals surface area contributed by atoms with Crippen LogP contribution in [0.15, 0.2) is 30.3 Å². The van der Waals surface area contributed by atoms with Crippen LogP contribution in [0.3, 0.4) is 0 Å². The maximum absolute atomic E-state index is 10.7. The Morgan fingerprint density at radius 3 is 1.74 bits per heavy atom. The van der Waals surface area contributed by atoms with Crippen LogP contribution in [0.5, 0.6) is 0 Å². The van der Waals surface area contributed by atoms with Crippen molar-refractivity contribution in [3.63, 3.8) is 0 Å². The molecular weight excluding hydrogens is 286 g/mol. The molecule has 1 amide bonds. The zero-order chi connectivity index (χ0) is 15.0. The average Bonchev–Trinajstić information content (AvgIpc) is 2.46. The smallest absolute Gasteiger partial charge is 0 e. The van der Waals surface area contributed by atoms with Gasteiger partial charge in [0, 0.05) is 24.3 Å². The molecular formula is C13H13CrNO4. The zero-order valence-corrected chi connectivity index (χ0v) is 11.8. The molecule has 0 radical (unpaired) electrons. The van der Waals surface area contributed by atoms with E-state index < -0.39 is 0 Å². The molecule has 0 saturated heterocycles. The first kappa shape index (κ1) is 26.1. The Morgan fingerprint density at radius 2 is 1.42 bits per heavy atom. The molecule has 19 heavy (non-hydrogen) atoms. The summed E-state index contributed by atoms with van der Waals surface area (Å²) in [5.41, 5.74) is 1.13. The van der Waals surface area contributed by atoms with E-state index in [0.29, 0.717) is 0 Å². The summed E-state index contributed by atoms with van der Waals surface area (Å²) in [5, 5.41) is 2.82. The predicted octanol–water partition coefficient (Wildman–Crippen LogP) is 1.77. The van der Waals surface area contributed by atoms with Gasteiger partial charge in [-0.1, -0.05) is 30.3 Å². The van der Waals surface area contributed by atoms with Crippen LogP contribution in [0.1, 0.15) is 25.5 Å². The van der Waals surface area contributed by atoms with Crippen molar-refractivity contribution in [2.24, 2.45) is 0 Å². The van der Waals surface area contributed by atoms with E-state index in [0.717, 1.165) is 5.56 Å². The van der Waals surface area contributed by atoms with Gasteiger partial charge in [-0.2, -0.15) is 0 Å². The van der Waals surface area contributed by atoms with Crippen molar-refractivity contribution in [1.82, 2.24) is 5.32 Å². The molecule has 1 aromatic rings. The summed E-state index contributed by atoms with van der Waals surface area (Å²) in [5.74, 6) is 0.00588. The van der Waals surface area contributed by atoms with Crippen molar-refractivity contribution in [2.75, 3.05) is 0 Å². The van der Waals surface area contributed by atoms with Gasteiger partial charge in [-0.15, -0.1) is 0 Å². The number of nitrogens with one attached hydrogen (secondary N) is 1. The van der Waals surface area contributed by atoms with Crippen LogP contribution in [0.2, 0.25) is 0 Å². The molecule has 1 N–H and O–H groups in total. The van der Waals surface area contributed by atoms with Gasteiger partial charge in [-0.05, 0) is 12.5 Å². The van der Waals surface area contributed by atoms with Crippen molar-refractivity contribution < 1.29 is 36.1 Å². The largest absolute Gasteiger partial charge is 0 e. The molecule has 0 aliphatic carbocycles. The monoisotopic (exact) mass is 299 g/mol. The minimum atomic E-state index is 0. The summed E-state index contributed by atoms with van der Waals surface area (Å²) in [6.45, 7) is 17.0. The number of hydrogen-bond acceptors (Lipinski definition) is 1. The molecule has 1 rings (SSSR count). The number of hydrogen-bond donors (Lipinski definition) is 1. The van der Waals surface area contributed by atoms with Crippen molar-refractivity contribution in [3.05, 3.63) is 55.8 Å². The van der Waals surface area contributed by atoms with Crippen LogP contribution < -0.4 is 5.32 Å². The van der Waals surface area contributed by atoms with Crippen molar-refractivity contribution in [2.45, 2.75) is 19.9 Å². The van der Waals surface area contributed by atoms with Gasteiger partial charge >= 0.3 is 33.9 Å². The Kier molecular flexibility index (Phi) is 29.8. The number of benzene rings is 1. The molecule has 0 bridgehead atoms. The first-order valence-electron chi connectivity index (χ1n) is 4.63. The summed E-state index contributed by atoms with van der Waals surface area (Å²) in [6.07, 6.45) is 0. The summed E-state index contributed by atoms with van der Waals surface area (Å²) in [4.78, 5) is 10.7. The normalized spacial score (nSPS) is 8.00. The van der Waals surface area contributed by atoms with E-state index in [4.69, 9.17) is 14.0 Å². The van der Waals surface area contributed by atoms with Gasteiger partial charge in [0.05, 0.1) is 6.04 Å². The molecule has 0 aromatic heterocycles. The van der Waals surface area contributed by atoms with Crippen molar-refractivity contribution >= 4 is 5.91 Å². The molecule has 0 aliphatic rings. The second-order valence-corrected chi connectivity index (χ2v) is 2.83. The molecule has 100 valence electrons. The standard InChI is InChI=1S/C10H13NO.3CO.Cr/c1-8(11-9(2)12)10-6-4-3-5-7-10;3*1-2;/h3-8H,1-2H3,(H,11,12);;;;/t8-;;;;/m0..../s1. The van der Waals surface area contributed by atoms with E-state index in [1.807, 2.05) is 37.3 Å². The third-order valence-corrected chi connectivity index (χ3v) is 1.72. The number of rotatable bonds is 2. The molecule has 0 heterocycles. The fourth-order valence-electron chi connectivity index (χ4n) is 1.13. The van der Waals surface area contributed by atoms with Crippen LogP contribution in [0, 0.1) is 20.0 Å². The van der Waals surface area contributed by atoms with E-state index >= 15 is 0 Å². The zero-order valence-electron chi connectivity index (χ0n) is 10.5. The SMILES string of the molecule is CC(=O)N[C@@H](C)c1ccccc1.[C-]#[O+].[C-]#[O+].[C-]#[O+].[Cr]. The molecule has 6 heteroatoms. The van der Waals surface area contributed by atoms with Crippen molar-refractivity contribution in [1.29, 1.82) is 0 Å². The van der Waals surface area contributed by atoms with Crippen LogP contribution in [-0.2, 0) is 36.1 Å². The minimum absolute atomic E-state index is 0. The second kappa shape index (κ2) is 21.7. The first-order valence-corrected chi connectivity index (χ1v) is 4.63. The molecule has 5 nitrogen and oxygen atoms in total. The van der Waals surface area contributed by atoms with Crippen molar-refractivity contribution in [3.8, 4) is 0 Å². The summed E-state index contributed by atoms with van der Waals surface area (Å²) >= 11 is 0. The van der Waals surface area contributed by atoms with Gasteiger partial charge < -0.3 is 5.32 Å². The minimum Gasteiger partial charge on any atom is 0 e. The maximum Gasteiger partial charge on any atom is 0 e. The van der Waals surface area contributed by atoms with Crippen LogP contribution >= 0.6 is 0 Å². The number of carbonyl (C=O) groups excluding carboxylic acids is 1. The quantitative estimate of drug-likeness (QED) is 0.654. The molecule has 1 aromatic carbocycles. The molecule has 0 unspecified atom stereocenters. The molecule has 0 saturated carbocycles. The topological polar surface area (TPSA) is 88.8 Å². The van der Waals surface area contributed by atoms with Crippen LogP contribution in [0.25, 0.3) is 0 Å². The van der Waals surface area contributed by atoms with Gasteiger partial charge in [0.15, 0.2) is 0 Å². The number of carbonyl (C=O) groups is 1. The third kappa shape index (κ3) is 16.4. The van der Waals surface area contributed by atoms with E-state index in [1.165, 1.54) is 6.92 Å². The van der Waals surface area contributed by atoms with Gasteiger partial charge in [-0.25, -0.2) is 0 Å². The van der Waals surface area contributed by atoms with Crippen LogP contribution in [0.4, 0.5) is 0 Å². The molecule has 0 aliphatic heterocycles. The average molecular weight is 299 g/mol. The van der Waals surface area contributed by atoms with Gasteiger partial charge in [-0.3, -0.25) is 4.79 Å². The van der Waals surface area contributed by atoms with Gasteiger partial charge in [0.2, 0.25) is 5.91 Å². The van der Waals surface area contributed by atoms with Gasteiger partial charge in [0.1, 0.15) is 0 Å². The Balaban J connectivity index is -0.000000142. The Hall–Kier alpha value is -1.56. The van der Waals surface area contributed by atoms with Crippen LogP contribution in [-0.4, -0.2) is 5.91 Å². The summed E-state index contributed by atoms with van der Waals surface area (Å²) in [7, 11) is 0. The Bertz CT molecular complexity index is 359. The third-order valence-electron chi connectivity index (χ3n) is 1.72.